The minimum atomic E-state index is -0.0213. The van der Waals surface area contributed by atoms with Gasteiger partial charge in [0.15, 0.2) is 0 Å². The van der Waals surface area contributed by atoms with Crippen molar-refractivity contribution in [3.63, 3.8) is 0 Å². The van der Waals surface area contributed by atoms with Crippen LogP contribution < -0.4 is 11.3 Å². The molecule has 17 heavy (non-hydrogen) atoms. The van der Waals surface area contributed by atoms with Crippen molar-refractivity contribution in [3.8, 4) is 0 Å². The lowest BCUT2D eigenvalue weighted by Crippen LogP contribution is -2.36. The van der Waals surface area contributed by atoms with E-state index in [1.165, 1.54) is 6.07 Å². The first kappa shape index (κ1) is 13.7. The second-order valence-corrected chi connectivity index (χ2v) is 4.28. The van der Waals surface area contributed by atoms with Crippen molar-refractivity contribution in [3.05, 3.63) is 28.7 Å². The van der Waals surface area contributed by atoms with Gasteiger partial charge in [0.2, 0.25) is 0 Å². The molecule has 1 rings (SSSR count). The molecule has 0 bridgehead atoms. The number of rotatable bonds is 6. The number of nitrogens with zero attached hydrogens (tertiary/aromatic N) is 2. The van der Waals surface area contributed by atoms with Crippen LogP contribution in [0.4, 0.5) is 5.69 Å². The maximum atomic E-state index is 11.5. The Morgan fingerprint density at radius 1 is 1.53 bits per heavy atom. The summed E-state index contributed by atoms with van der Waals surface area (Å²) in [5.41, 5.74) is 6.24. The molecule has 0 amide bonds. The van der Waals surface area contributed by atoms with Crippen molar-refractivity contribution < 1.29 is 4.74 Å². The molecule has 0 fully saturated rings. The standard InChI is InChI=1S/C12H21N3O2/c1-10(9-17-3)14(2)6-7-15-8-11(13)4-5-12(15)16/h4-5,8,10H,6-7,9,13H2,1-3H3. The topological polar surface area (TPSA) is 60.5 Å². The highest BCUT2D eigenvalue weighted by molar-refractivity contribution is 5.33. The average molecular weight is 239 g/mol. The largest absolute Gasteiger partial charge is 0.398 e. The van der Waals surface area contributed by atoms with Crippen LogP contribution in [-0.2, 0) is 11.3 Å². The van der Waals surface area contributed by atoms with Gasteiger partial charge in [0.1, 0.15) is 0 Å². The lowest BCUT2D eigenvalue weighted by atomic mass is 10.3. The number of likely N-dealkylation sites (N-methyl/N-ethyl adjacent to an activating group) is 1. The Kier molecular flexibility index (Phi) is 5.18. The van der Waals surface area contributed by atoms with Gasteiger partial charge in [-0.15, -0.1) is 0 Å². The van der Waals surface area contributed by atoms with Crippen molar-refractivity contribution in [1.82, 2.24) is 9.47 Å². The Morgan fingerprint density at radius 2 is 2.24 bits per heavy atom. The Hall–Kier alpha value is -1.33. The van der Waals surface area contributed by atoms with Crippen LogP contribution in [-0.4, -0.2) is 42.8 Å². The Morgan fingerprint density at radius 3 is 2.88 bits per heavy atom. The van der Waals surface area contributed by atoms with Crippen molar-refractivity contribution in [2.45, 2.75) is 19.5 Å². The van der Waals surface area contributed by atoms with Gasteiger partial charge in [0.25, 0.3) is 5.56 Å². The summed E-state index contributed by atoms with van der Waals surface area (Å²) in [4.78, 5) is 13.7. The summed E-state index contributed by atoms with van der Waals surface area (Å²) in [7, 11) is 3.70. The molecule has 5 heteroatoms. The lowest BCUT2D eigenvalue weighted by Gasteiger charge is -2.24. The van der Waals surface area contributed by atoms with Crippen molar-refractivity contribution in [2.75, 3.05) is 33.0 Å². The Balaban J connectivity index is 2.55. The van der Waals surface area contributed by atoms with Crippen LogP contribution in [0.15, 0.2) is 23.1 Å². The number of hydrogen-bond donors (Lipinski definition) is 1. The number of nitrogen functional groups attached to an aromatic ring is 1. The van der Waals surface area contributed by atoms with Gasteiger partial charge in [0, 0.05) is 44.2 Å². The fraction of sp³-hybridized carbons (Fsp3) is 0.583. The predicted molar refractivity (Wildman–Crippen MR) is 69.1 cm³/mol. The zero-order chi connectivity index (χ0) is 12.8. The molecular weight excluding hydrogens is 218 g/mol. The number of ether oxygens (including phenoxy) is 1. The third-order valence-corrected chi connectivity index (χ3v) is 2.86. The molecule has 0 spiro atoms. The Bertz CT molecular complexity index is 403. The first-order valence-electron chi connectivity index (χ1n) is 5.69. The fourth-order valence-corrected chi connectivity index (χ4v) is 1.58. The van der Waals surface area contributed by atoms with Gasteiger partial charge < -0.3 is 15.0 Å². The normalized spacial score (nSPS) is 12.9. The minimum absolute atomic E-state index is 0.0213. The van der Waals surface area contributed by atoms with Crippen molar-refractivity contribution in [2.24, 2.45) is 0 Å². The van der Waals surface area contributed by atoms with Crippen LogP contribution in [0.1, 0.15) is 6.92 Å². The fourth-order valence-electron chi connectivity index (χ4n) is 1.58. The van der Waals surface area contributed by atoms with Gasteiger partial charge >= 0.3 is 0 Å². The lowest BCUT2D eigenvalue weighted by molar-refractivity contribution is 0.113. The number of pyridine rings is 1. The van der Waals surface area contributed by atoms with E-state index in [0.29, 0.717) is 24.9 Å². The van der Waals surface area contributed by atoms with E-state index >= 15 is 0 Å². The number of nitrogens with two attached hydrogens (primary N) is 1. The first-order valence-corrected chi connectivity index (χ1v) is 5.69. The second-order valence-electron chi connectivity index (χ2n) is 4.28. The summed E-state index contributed by atoms with van der Waals surface area (Å²) in [6.45, 7) is 4.19. The van der Waals surface area contributed by atoms with E-state index in [9.17, 15) is 4.79 Å². The molecule has 1 unspecified atom stereocenters. The predicted octanol–water partition coefficient (Wildman–Crippen LogP) is 0.397. The highest BCUT2D eigenvalue weighted by Gasteiger charge is 2.08. The Labute approximate surface area is 102 Å². The number of methoxy groups -OCH3 is 1. The molecule has 0 aliphatic heterocycles. The molecular formula is C12H21N3O2. The molecule has 1 heterocycles. The van der Waals surface area contributed by atoms with Crippen LogP contribution >= 0.6 is 0 Å². The molecule has 1 aromatic rings. The van der Waals surface area contributed by atoms with Crippen LogP contribution in [0.25, 0.3) is 0 Å². The molecule has 0 saturated carbocycles. The van der Waals surface area contributed by atoms with Crippen LogP contribution in [0.5, 0.6) is 0 Å². The highest BCUT2D eigenvalue weighted by atomic mass is 16.5. The quantitative estimate of drug-likeness (QED) is 0.780. The van der Waals surface area contributed by atoms with Crippen molar-refractivity contribution >= 4 is 5.69 Å². The smallest absolute Gasteiger partial charge is 0.250 e. The molecule has 1 atom stereocenters. The molecule has 2 N–H and O–H groups in total. The van der Waals surface area contributed by atoms with Gasteiger partial charge in [-0.3, -0.25) is 9.69 Å². The van der Waals surface area contributed by atoms with E-state index in [-0.39, 0.29) is 5.56 Å². The van der Waals surface area contributed by atoms with Gasteiger partial charge in [-0.05, 0) is 20.0 Å². The molecule has 1 aromatic heterocycles. The van der Waals surface area contributed by atoms with Crippen LogP contribution in [0.2, 0.25) is 0 Å². The molecule has 0 aromatic carbocycles. The van der Waals surface area contributed by atoms with Crippen molar-refractivity contribution in [1.29, 1.82) is 0 Å². The summed E-state index contributed by atoms with van der Waals surface area (Å²) in [5, 5.41) is 0. The monoisotopic (exact) mass is 239 g/mol. The molecule has 0 radical (unpaired) electrons. The summed E-state index contributed by atoms with van der Waals surface area (Å²) >= 11 is 0. The van der Waals surface area contributed by atoms with Crippen LogP contribution in [0, 0.1) is 0 Å². The number of anilines is 1. The van der Waals surface area contributed by atoms with Gasteiger partial charge in [-0.2, -0.15) is 0 Å². The van der Waals surface area contributed by atoms with Gasteiger partial charge in [-0.25, -0.2) is 0 Å². The molecule has 0 aliphatic rings. The summed E-state index contributed by atoms with van der Waals surface area (Å²) in [5.74, 6) is 0. The summed E-state index contributed by atoms with van der Waals surface area (Å²) < 4.78 is 6.72. The molecule has 5 nitrogen and oxygen atoms in total. The highest BCUT2D eigenvalue weighted by Crippen LogP contribution is 1.99. The maximum absolute atomic E-state index is 11.5. The summed E-state index contributed by atoms with van der Waals surface area (Å²) in [6.07, 6.45) is 1.68. The van der Waals surface area contributed by atoms with E-state index < -0.39 is 0 Å². The second kappa shape index (κ2) is 6.42. The van der Waals surface area contributed by atoms with Crippen LogP contribution in [0.3, 0.4) is 0 Å². The first-order chi connectivity index (χ1) is 8.04. The van der Waals surface area contributed by atoms with E-state index in [4.69, 9.17) is 10.5 Å². The van der Waals surface area contributed by atoms with E-state index in [1.807, 2.05) is 7.05 Å². The minimum Gasteiger partial charge on any atom is -0.398 e. The maximum Gasteiger partial charge on any atom is 0.250 e. The summed E-state index contributed by atoms with van der Waals surface area (Å²) in [6, 6.07) is 3.45. The molecule has 96 valence electrons. The molecule has 0 aliphatic carbocycles. The number of aromatic nitrogens is 1. The third kappa shape index (κ3) is 4.20. The molecule has 0 saturated heterocycles. The van der Waals surface area contributed by atoms with Gasteiger partial charge in [-0.1, -0.05) is 0 Å². The van der Waals surface area contributed by atoms with E-state index in [0.717, 1.165) is 6.54 Å². The van der Waals surface area contributed by atoms with Gasteiger partial charge in [0.05, 0.1) is 6.61 Å². The number of hydrogen-bond acceptors (Lipinski definition) is 4. The van der Waals surface area contributed by atoms with E-state index in [2.05, 4.69) is 11.8 Å². The van der Waals surface area contributed by atoms with E-state index in [1.54, 1.807) is 23.9 Å². The third-order valence-electron chi connectivity index (χ3n) is 2.86. The zero-order valence-electron chi connectivity index (χ0n) is 10.7. The SMILES string of the molecule is COCC(C)N(C)CCn1cc(N)ccc1=O. The average Bonchev–Trinajstić information content (AvgIpc) is 2.30. The zero-order valence-corrected chi connectivity index (χ0v) is 10.7.